The van der Waals surface area contributed by atoms with Crippen LogP contribution >= 0.6 is 15.2 Å². The number of hydrogen-bond acceptors (Lipinski definition) is 5. The van der Waals surface area contributed by atoms with E-state index in [0.29, 0.717) is 13.1 Å². The number of likely N-dealkylation sites (tertiary alicyclic amines) is 1. The fourth-order valence-corrected chi connectivity index (χ4v) is 5.24. The monoisotopic (exact) mass is 403 g/mol. The van der Waals surface area contributed by atoms with Crippen molar-refractivity contribution in [2.75, 3.05) is 13.1 Å². The molecule has 1 rings (SSSR count). The van der Waals surface area contributed by atoms with Gasteiger partial charge in [0.2, 0.25) is 0 Å². The molecule has 0 amide bonds. The van der Waals surface area contributed by atoms with Crippen molar-refractivity contribution >= 4 is 27.1 Å². The maximum absolute atomic E-state index is 12.0. The fraction of sp³-hybridized carbons (Fsp3) is 0.833. The zero-order valence-corrected chi connectivity index (χ0v) is 15.3. The lowest BCUT2D eigenvalue weighted by Crippen LogP contribution is -2.48. The van der Waals surface area contributed by atoms with Crippen LogP contribution in [0.15, 0.2) is 0 Å². The molecule has 11 nitrogen and oxygen atoms in total. The van der Waals surface area contributed by atoms with Gasteiger partial charge in [-0.1, -0.05) is 0 Å². The summed E-state index contributed by atoms with van der Waals surface area (Å²) in [6, 6.07) is -0.613. The average molecular weight is 403 g/mol. The molecule has 0 radical (unpaired) electrons. The lowest BCUT2D eigenvalue weighted by molar-refractivity contribution is -0.142. The van der Waals surface area contributed by atoms with Crippen LogP contribution in [-0.4, -0.2) is 76.6 Å². The van der Waals surface area contributed by atoms with Gasteiger partial charge in [-0.3, -0.25) is 18.7 Å². The van der Waals surface area contributed by atoms with Crippen LogP contribution in [-0.2, 0) is 18.7 Å². The van der Waals surface area contributed by atoms with Gasteiger partial charge in [0.05, 0.1) is 0 Å². The van der Waals surface area contributed by atoms with E-state index in [1.807, 2.05) is 0 Å². The molecule has 1 aliphatic heterocycles. The third-order valence-corrected chi connectivity index (χ3v) is 7.46. The van der Waals surface area contributed by atoms with Gasteiger partial charge in [0, 0.05) is 6.04 Å². The number of nitrogens with zero attached hydrogens (tertiary/aromatic N) is 1. The number of rotatable bonds is 9. The van der Waals surface area contributed by atoms with Crippen LogP contribution in [0.25, 0.3) is 0 Å². The van der Waals surface area contributed by atoms with Gasteiger partial charge in [-0.05, 0) is 45.7 Å². The Morgan fingerprint density at radius 1 is 1.04 bits per heavy atom. The molecule has 1 aliphatic rings. The van der Waals surface area contributed by atoms with Gasteiger partial charge >= 0.3 is 27.1 Å². The highest BCUT2D eigenvalue weighted by molar-refractivity contribution is 7.55. The van der Waals surface area contributed by atoms with Crippen molar-refractivity contribution < 1.29 is 48.5 Å². The third-order valence-electron chi connectivity index (χ3n) is 4.57. The van der Waals surface area contributed by atoms with Crippen molar-refractivity contribution in [3.63, 3.8) is 0 Å². The summed E-state index contributed by atoms with van der Waals surface area (Å²) in [6.45, 7) is 2.74. The van der Waals surface area contributed by atoms with Crippen molar-refractivity contribution in [3.05, 3.63) is 0 Å². The summed E-state index contributed by atoms with van der Waals surface area (Å²) >= 11 is 0. The van der Waals surface area contributed by atoms with Crippen LogP contribution in [0.2, 0.25) is 0 Å². The third kappa shape index (κ3) is 5.10. The Bertz CT molecular complexity index is 607. The molecule has 25 heavy (non-hydrogen) atoms. The minimum atomic E-state index is -5.45. The average Bonchev–Trinajstić information content (AvgIpc) is 2.93. The molecule has 0 saturated carbocycles. The number of hydrogen-bond donors (Lipinski definition) is 6. The predicted molar refractivity (Wildman–Crippen MR) is 85.4 cm³/mol. The van der Waals surface area contributed by atoms with Gasteiger partial charge in [-0.15, -0.1) is 0 Å². The van der Waals surface area contributed by atoms with E-state index in [9.17, 15) is 43.4 Å². The summed E-state index contributed by atoms with van der Waals surface area (Å²) < 4.78 is 23.4. The van der Waals surface area contributed by atoms with Gasteiger partial charge in [-0.25, -0.2) is 0 Å². The molecule has 0 aliphatic carbocycles. The van der Waals surface area contributed by atoms with Gasteiger partial charge in [0.25, 0.3) is 0 Å². The van der Waals surface area contributed by atoms with Crippen molar-refractivity contribution in [2.24, 2.45) is 0 Å². The first-order chi connectivity index (χ1) is 11.2. The van der Waals surface area contributed by atoms with Crippen LogP contribution in [0, 0.1) is 0 Å². The molecule has 1 saturated heterocycles. The van der Waals surface area contributed by atoms with E-state index in [1.54, 1.807) is 11.8 Å². The zero-order chi connectivity index (χ0) is 19.6. The molecule has 0 aromatic rings. The fourth-order valence-electron chi connectivity index (χ4n) is 3.09. The highest BCUT2D eigenvalue weighted by Gasteiger charge is 2.59. The van der Waals surface area contributed by atoms with Crippen LogP contribution < -0.4 is 0 Å². The molecule has 0 bridgehead atoms. The van der Waals surface area contributed by atoms with Crippen molar-refractivity contribution in [1.29, 1.82) is 0 Å². The van der Waals surface area contributed by atoms with Crippen molar-refractivity contribution in [2.45, 2.75) is 49.5 Å². The number of carboxylic acid groups (broad SMARTS) is 2. The Labute approximate surface area is 144 Å². The van der Waals surface area contributed by atoms with E-state index < -0.39 is 56.8 Å². The second-order valence-corrected chi connectivity index (χ2v) is 10.1. The zero-order valence-electron chi connectivity index (χ0n) is 13.6. The SMILES string of the molecule is CC(CC(CC(C(=O)O)P(=O)(O)O)(C(=O)O)P(=O)(O)O)N1CCCC1. The standard InChI is InChI=1S/C12H23NO10P2/c1-8(13-4-2-3-5-13)6-12(11(16)17,25(21,22)23)7-9(10(14)15)24(18,19)20/h8-9H,2-7H2,1H3,(H,14,15)(H,16,17)(H2,18,19,20)(H2,21,22,23). The molecule has 1 heterocycles. The first-order valence-corrected chi connectivity index (χ1v) is 10.8. The smallest absolute Gasteiger partial charge is 0.342 e. The normalized spacial score (nSPS) is 21.5. The summed E-state index contributed by atoms with van der Waals surface area (Å²) in [4.78, 5) is 62.4. The Morgan fingerprint density at radius 2 is 1.52 bits per heavy atom. The second-order valence-electron chi connectivity index (χ2n) is 6.32. The minimum Gasteiger partial charge on any atom is -0.481 e. The summed E-state index contributed by atoms with van der Waals surface area (Å²) in [6.07, 6.45) is -0.331. The Balaban J connectivity index is 3.31. The van der Waals surface area contributed by atoms with Crippen LogP contribution in [0.4, 0.5) is 0 Å². The Morgan fingerprint density at radius 3 is 1.84 bits per heavy atom. The summed E-state index contributed by atoms with van der Waals surface area (Å²) in [7, 11) is -10.8. The van der Waals surface area contributed by atoms with E-state index >= 15 is 0 Å². The van der Waals surface area contributed by atoms with Crippen molar-refractivity contribution in [1.82, 2.24) is 4.90 Å². The maximum atomic E-state index is 12.0. The molecular weight excluding hydrogens is 380 g/mol. The van der Waals surface area contributed by atoms with E-state index in [0.717, 1.165) is 12.8 Å². The molecule has 3 unspecified atom stereocenters. The lowest BCUT2D eigenvalue weighted by atomic mass is 9.93. The molecule has 0 aromatic heterocycles. The predicted octanol–water partition coefficient (Wildman–Crippen LogP) is -0.117. The van der Waals surface area contributed by atoms with Crippen molar-refractivity contribution in [3.8, 4) is 0 Å². The lowest BCUT2D eigenvalue weighted by Gasteiger charge is -2.36. The Kier molecular flexibility index (Phi) is 6.97. The summed E-state index contributed by atoms with van der Waals surface area (Å²) in [5.74, 6) is -3.99. The first kappa shape index (κ1) is 22.2. The largest absolute Gasteiger partial charge is 0.481 e. The van der Waals surface area contributed by atoms with Gasteiger partial charge in [0.15, 0.2) is 10.8 Å². The number of carboxylic acids is 2. The van der Waals surface area contributed by atoms with E-state index in [4.69, 9.17) is 5.11 Å². The quantitative estimate of drug-likeness (QED) is 0.281. The minimum absolute atomic E-state index is 0.596. The van der Waals surface area contributed by atoms with Crippen LogP contribution in [0.1, 0.15) is 32.6 Å². The molecule has 6 N–H and O–H groups in total. The number of carbonyl (C=O) groups is 2. The molecule has 0 aromatic carbocycles. The van der Waals surface area contributed by atoms with Gasteiger partial charge in [0.1, 0.15) is 0 Å². The molecular formula is C12H23NO10P2. The topological polar surface area (TPSA) is 193 Å². The first-order valence-electron chi connectivity index (χ1n) is 7.53. The van der Waals surface area contributed by atoms with Gasteiger partial charge in [-0.2, -0.15) is 0 Å². The highest BCUT2D eigenvalue weighted by atomic mass is 31.2. The van der Waals surface area contributed by atoms with Crippen LogP contribution in [0.5, 0.6) is 0 Å². The second kappa shape index (κ2) is 7.84. The summed E-state index contributed by atoms with van der Waals surface area (Å²) in [5.41, 5.74) is -2.53. The van der Waals surface area contributed by atoms with E-state index in [2.05, 4.69) is 0 Å². The van der Waals surface area contributed by atoms with Crippen LogP contribution in [0.3, 0.4) is 0 Å². The summed E-state index contributed by atoms with van der Waals surface area (Å²) in [5, 5.41) is 15.6. The van der Waals surface area contributed by atoms with E-state index in [1.165, 1.54) is 0 Å². The molecule has 3 atom stereocenters. The Hall–Kier alpha value is -0.800. The van der Waals surface area contributed by atoms with E-state index in [-0.39, 0.29) is 0 Å². The number of aliphatic carboxylic acids is 2. The molecule has 1 fully saturated rings. The molecule has 0 spiro atoms. The maximum Gasteiger partial charge on any atom is 0.342 e. The molecule has 146 valence electrons. The highest BCUT2D eigenvalue weighted by Crippen LogP contribution is 2.59. The van der Waals surface area contributed by atoms with Gasteiger partial charge < -0.3 is 34.7 Å². The molecule has 13 heteroatoms.